The van der Waals surface area contributed by atoms with Gasteiger partial charge in [-0.25, -0.2) is 4.98 Å². The highest BCUT2D eigenvalue weighted by molar-refractivity contribution is 6.00. The average Bonchev–Trinajstić information content (AvgIpc) is 2.82. The third-order valence-corrected chi connectivity index (χ3v) is 4.70. The van der Waals surface area contributed by atoms with Crippen LogP contribution in [-0.4, -0.2) is 42.7 Å². The molecule has 0 aliphatic heterocycles. The van der Waals surface area contributed by atoms with Crippen LogP contribution in [0.25, 0.3) is 0 Å². The first kappa shape index (κ1) is 25.2. The lowest BCUT2D eigenvalue weighted by atomic mass is 10.1. The number of ether oxygens (including phenoxy) is 3. The van der Waals surface area contributed by atoms with Crippen LogP contribution in [0, 0.1) is 4.91 Å². The van der Waals surface area contributed by atoms with Gasteiger partial charge in [0, 0.05) is 23.4 Å². The van der Waals surface area contributed by atoms with Gasteiger partial charge in [-0.1, -0.05) is 12.1 Å². The molecule has 0 unspecified atom stereocenters. The van der Waals surface area contributed by atoms with Crippen LogP contribution in [-0.2, 0) is 0 Å². The van der Waals surface area contributed by atoms with Gasteiger partial charge in [-0.3, -0.25) is 4.79 Å². The van der Waals surface area contributed by atoms with Gasteiger partial charge in [0.05, 0.1) is 38.8 Å². The van der Waals surface area contributed by atoms with Gasteiger partial charge < -0.3 is 30.2 Å². The van der Waals surface area contributed by atoms with E-state index in [-0.39, 0.29) is 23.4 Å². The van der Waals surface area contributed by atoms with Gasteiger partial charge in [0.1, 0.15) is 0 Å². The predicted molar refractivity (Wildman–Crippen MR) is 134 cm³/mol. The van der Waals surface area contributed by atoms with E-state index in [1.807, 2.05) is 20.8 Å². The molecule has 0 spiro atoms. The molecule has 11 heteroatoms. The quantitative estimate of drug-likeness (QED) is 0.365. The normalized spacial score (nSPS) is 10.8. The van der Waals surface area contributed by atoms with Crippen LogP contribution in [0.3, 0.4) is 0 Å². The number of carbonyl (C=O) groups is 1. The summed E-state index contributed by atoms with van der Waals surface area (Å²) in [6, 6.07) is 10.3. The smallest absolute Gasteiger partial charge is 0.253 e. The van der Waals surface area contributed by atoms with E-state index >= 15 is 0 Å². The fourth-order valence-electron chi connectivity index (χ4n) is 3.20. The first-order valence-corrected chi connectivity index (χ1v) is 10.6. The molecule has 1 amide bonds. The number of nitroso groups, excluding NO2 is 1. The van der Waals surface area contributed by atoms with Crippen molar-refractivity contribution in [2.45, 2.75) is 26.3 Å². The van der Waals surface area contributed by atoms with Gasteiger partial charge in [0.25, 0.3) is 5.91 Å². The maximum atomic E-state index is 12.8. The Labute approximate surface area is 203 Å². The molecule has 3 N–H and O–H groups in total. The number of hydrogen-bond donors (Lipinski definition) is 3. The fraction of sp³-hybridized carbons (Fsp3) is 0.292. The number of methoxy groups -OCH3 is 3. The molecule has 1 heterocycles. The number of hydrogen-bond acceptors (Lipinski definition) is 10. The zero-order valence-corrected chi connectivity index (χ0v) is 20.4. The van der Waals surface area contributed by atoms with Gasteiger partial charge in [-0.2, -0.15) is 4.98 Å². The summed E-state index contributed by atoms with van der Waals surface area (Å²) in [5, 5.41) is 12.0. The summed E-state index contributed by atoms with van der Waals surface area (Å²) in [6.45, 7) is 5.67. The number of benzene rings is 2. The molecule has 0 saturated heterocycles. The van der Waals surface area contributed by atoms with E-state index in [2.05, 4.69) is 31.1 Å². The molecule has 184 valence electrons. The fourth-order valence-corrected chi connectivity index (χ4v) is 3.20. The van der Waals surface area contributed by atoms with Crippen LogP contribution in [0.5, 0.6) is 17.2 Å². The first-order chi connectivity index (χ1) is 16.7. The third-order valence-electron chi connectivity index (χ3n) is 4.70. The van der Waals surface area contributed by atoms with E-state index in [9.17, 15) is 9.70 Å². The highest BCUT2D eigenvalue weighted by Crippen LogP contribution is 2.40. The molecule has 0 bridgehead atoms. The van der Waals surface area contributed by atoms with Crippen molar-refractivity contribution in [1.29, 1.82) is 0 Å². The van der Waals surface area contributed by atoms with Crippen molar-refractivity contribution in [2.75, 3.05) is 32.0 Å². The number of nitrogens with zero attached hydrogens (tertiary/aromatic N) is 3. The average molecular weight is 481 g/mol. The Morgan fingerprint density at radius 1 is 0.971 bits per heavy atom. The van der Waals surface area contributed by atoms with Crippen LogP contribution in [0.4, 0.5) is 28.8 Å². The van der Waals surface area contributed by atoms with Crippen LogP contribution >= 0.6 is 0 Å². The second kappa shape index (κ2) is 10.7. The first-order valence-electron chi connectivity index (χ1n) is 10.6. The van der Waals surface area contributed by atoms with Crippen LogP contribution in [0.15, 0.2) is 47.8 Å². The molecule has 2 aromatic carbocycles. The Morgan fingerprint density at radius 2 is 1.63 bits per heavy atom. The van der Waals surface area contributed by atoms with Gasteiger partial charge in [0.2, 0.25) is 11.7 Å². The predicted octanol–water partition coefficient (Wildman–Crippen LogP) is 4.92. The summed E-state index contributed by atoms with van der Waals surface area (Å²) >= 11 is 0. The van der Waals surface area contributed by atoms with Crippen molar-refractivity contribution >= 4 is 34.7 Å². The van der Waals surface area contributed by atoms with Crippen molar-refractivity contribution in [3.05, 3.63) is 53.1 Å². The van der Waals surface area contributed by atoms with Crippen molar-refractivity contribution in [3.63, 3.8) is 0 Å². The van der Waals surface area contributed by atoms with Gasteiger partial charge in [0.15, 0.2) is 23.0 Å². The van der Waals surface area contributed by atoms with E-state index < -0.39 is 5.54 Å². The Bertz CT molecular complexity index is 1200. The van der Waals surface area contributed by atoms with E-state index in [1.165, 1.54) is 27.5 Å². The molecular weight excluding hydrogens is 452 g/mol. The van der Waals surface area contributed by atoms with E-state index in [0.29, 0.717) is 34.2 Å². The van der Waals surface area contributed by atoms with Gasteiger partial charge in [-0.15, -0.1) is 4.91 Å². The third kappa shape index (κ3) is 6.14. The number of aromatic nitrogens is 2. The summed E-state index contributed by atoms with van der Waals surface area (Å²) in [5.41, 5.74) is 0.953. The lowest BCUT2D eigenvalue weighted by Crippen LogP contribution is -2.40. The molecule has 0 aliphatic carbocycles. The molecule has 0 atom stereocenters. The monoisotopic (exact) mass is 480 g/mol. The van der Waals surface area contributed by atoms with Crippen LogP contribution in [0.2, 0.25) is 0 Å². The molecular formula is C24H28N6O5. The largest absolute Gasteiger partial charge is 0.493 e. The lowest BCUT2D eigenvalue weighted by Gasteiger charge is -2.21. The highest BCUT2D eigenvalue weighted by Gasteiger charge is 2.19. The zero-order valence-electron chi connectivity index (χ0n) is 20.4. The van der Waals surface area contributed by atoms with E-state index in [4.69, 9.17) is 14.2 Å². The molecule has 1 aromatic heterocycles. The standard InChI is InChI=1S/C24H28N6O5/c1-24(2,3)29-22(31)15-9-7-8-10-16(15)27-21-17(30-32)13-25-23(28-21)26-14-11-18(33-4)20(35-6)19(12-14)34-5/h7-13H,1-6H3,(H,29,31)(H2,25,26,27,28). The number of nitrogens with one attached hydrogen (secondary N) is 3. The SMILES string of the molecule is COc1cc(Nc2ncc(N=O)c(Nc3ccccc3C(=O)NC(C)(C)C)n2)cc(OC)c1OC. The summed E-state index contributed by atoms with van der Waals surface area (Å²) in [6.07, 6.45) is 1.28. The molecule has 0 fully saturated rings. The number of carbonyl (C=O) groups excluding carboxylic acids is 1. The number of para-hydroxylation sites is 1. The Hall–Kier alpha value is -4.41. The maximum Gasteiger partial charge on any atom is 0.253 e. The van der Waals surface area contributed by atoms with Crippen molar-refractivity contribution < 1.29 is 19.0 Å². The maximum absolute atomic E-state index is 12.8. The lowest BCUT2D eigenvalue weighted by molar-refractivity contribution is 0.0920. The highest BCUT2D eigenvalue weighted by atomic mass is 16.5. The summed E-state index contributed by atoms with van der Waals surface area (Å²) < 4.78 is 16.1. The second-order valence-corrected chi connectivity index (χ2v) is 8.43. The topological polar surface area (TPSA) is 136 Å². The number of anilines is 4. The van der Waals surface area contributed by atoms with E-state index in [0.717, 1.165) is 0 Å². The molecule has 0 radical (unpaired) electrons. The molecule has 3 aromatic rings. The number of rotatable bonds is 9. The van der Waals surface area contributed by atoms with E-state index in [1.54, 1.807) is 36.4 Å². The minimum atomic E-state index is -0.424. The zero-order chi connectivity index (χ0) is 25.6. The molecule has 3 rings (SSSR count). The van der Waals surface area contributed by atoms with Crippen molar-refractivity contribution in [2.24, 2.45) is 5.18 Å². The Balaban J connectivity index is 1.95. The minimum Gasteiger partial charge on any atom is -0.493 e. The van der Waals surface area contributed by atoms with Gasteiger partial charge >= 0.3 is 0 Å². The summed E-state index contributed by atoms with van der Waals surface area (Å²) in [7, 11) is 4.54. The van der Waals surface area contributed by atoms with Gasteiger partial charge in [-0.05, 0) is 38.1 Å². The van der Waals surface area contributed by atoms with Crippen LogP contribution in [0.1, 0.15) is 31.1 Å². The summed E-state index contributed by atoms with van der Waals surface area (Å²) in [4.78, 5) is 32.8. The van der Waals surface area contributed by atoms with Crippen molar-refractivity contribution in [1.82, 2.24) is 15.3 Å². The molecule has 35 heavy (non-hydrogen) atoms. The molecule has 0 aliphatic rings. The Morgan fingerprint density at radius 3 is 2.20 bits per heavy atom. The van der Waals surface area contributed by atoms with Crippen molar-refractivity contribution in [3.8, 4) is 17.2 Å². The number of amides is 1. The minimum absolute atomic E-state index is 0.0218. The Kier molecular flexibility index (Phi) is 7.69. The van der Waals surface area contributed by atoms with Crippen LogP contribution < -0.4 is 30.2 Å². The molecule has 0 saturated carbocycles. The molecule has 11 nitrogen and oxygen atoms in total. The summed E-state index contributed by atoms with van der Waals surface area (Å²) in [5.74, 6) is 1.35. The second-order valence-electron chi connectivity index (χ2n) is 8.43.